The van der Waals surface area contributed by atoms with Gasteiger partial charge in [-0.2, -0.15) is 0 Å². The fraction of sp³-hybridized carbons (Fsp3) is 0.200. The number of nitrogens with zero attached hydrogens (tertiary/aromatic N) is 1. The molecule has 0 fully saturated rings. The van der Waals surface area contributed by atoms with Crippen LogP contribution in [-0.2, 0) is 7.05 Å². The molecule has 0 radical (unpaired) electrons. The van der Waals surface area contributed by atoms with Crippen molar-refractivity contribution in [3.8, 4) is 0 Å². The first-order valence-electron chi connectivity index (χ1n) is 8.18. The molecule has 1 heterocycles. The molecule has 0 aliphatic carbocycles. The Bertz CT molecular complexity index is 1010. The number of carbonyl (C=O) groups excluding carboxylic acids is 1. The third-order valence-electron chi connectivity index (χ3n) is 4.59. The summed E-state index contributed by atoms with van der Waals surface area (Å²) in [5.41, 5.74) is 3.41. The van der Waals surface area contributed by atoms with E-state index in [1.54, 1.807) is 18.2 Å². The lowest BCUT2D eigenvalue weighted by Gasteiger charge is -2.15. The van der Waals surface area contributed by atoms with Crippen molar-refractivity contribution in [3.63, 3.8) is 0 Å². The van der Waals surface area contributed by atoms with Gasteiger partial charge in [0.05, 0.1) is 16.6 Å². The molecule has 1 amide bonds. The van der Waals surface area contributed by atoms with Gasteiger partial charge in [0.1, 0.15) is 5.69 Å². The quantitative estimate of drug-likeness (QED) is 0.718. The van der Waals surface area contributed by atoms with Crippen molar-refractivity contribution in [2.24, 2.45) is 7.05 Å². The summed E-state index contributed by atoms with van der Waals surface area (Å²) in [4.78, 5) is 23.7. The normalized spacial score (nSPS) is 12.2. The zero-order valence-corrected chi connectivity index (χ0v) is 15.5. The van der Waals surface area contributed by atoms with Gasteiger partial charge in [-0.3, -0.25) is 4.79 Å². The third-order valence-corrected chi connectivity index (χ3v) is 5.09. The lowest BCUT2D eigenvalue weighted by Crippen LogP contribution is -2.28. The number of halogens is 1. The molecule has 26 heavy (non-hydrogen) atoms. The SMILES string of the molecule is Cc1ccc2c(cc(C(=O)NC(C)c3ccc(C(=O)O)cc3)n2C)c1Cl. The summed E-state index contributed by atoms with van der Waals surface area (Å²) in [5.74, 6) is -1.19. The van der Waals surface area contributed by atoms with E-state index in [1.807, 2.05) is 37.6 Å². The van der Waals surface area contributed by atoms with Crippen LogP contribution in [-0.4, -0.2) is 21.6 Å². The maximum Gasteiger partial charge on any atom is 0.335 e. The van der Waals surface area contributed by atoms with Gasteiger partial charge >= 0.3 is 5.97 Å². The summed E-state index contributed by atoms with van der Waals surface area (Å²) in [6.45, 7) is 3.78. The summed E-state index contributed by atoms with van der Waals surface area (Å²) < 4.78 is 1.82. The average Bonchev–Trinajstić information content (AvgIpc) is 2.95. The van der Waals surface area contributed by atoms with Gasteiger partial charge in [-0.05, 0) is 49.2 Å². The molecule has 2 N–H and O–H groups in total. The van der Waals surface area contributed by atoms with E-state index in [-0.39, 0.29) is 17.5 Å². The highest BCUT2D eigenvalue weighted by molar-refractivity contribution is 6.36. The van der Waals surface area contributed by atoms with Crippen LogP contribution < -0.4 is 5.32 Å². The molecule has 1 unspecified atom stereocenters. The Morgan fingerprint density at radius 1 is 1.15 bits per heavy atom. The maximum atomic E-state index is 12.7. The number of aromatic carboxylic acids is 1. The van der Waals surface area contributed by atoms with Crippen LogP contribution in [0.15, 0.2) is 42.5 Å². The number of nitrogens with one attached hydrogen (secondary N) is 1. The number of aromatic nitrogens is 1. The zero-order valence-electron chi connectivity index (χ0n) is 14.7. The van der Waals surface area contributed by atoms with Crippen molar-refractivity contribution < 1.29 is 14.7 Å². The number of hydrogen-bond donors (Lipinski definition) is 2. The second-order valence-corrected chi connectivity index (χ2v) is 6.72. The van der Waals surface area contributed by atoms with E-state index in [9.17, 15) is 9.59 Å². The molecule has 3 aromatic rings. The van der Waals surface area contributed by atoms with E-state index >= 15 is 0 Å². The van der Waals surface area contributed by atoms with E-state index in [0.29, 0.717) is 10.7 Å². The number of carboxylic acids is 1. The van der Waals surface area contributed by atoms with Crippen molar-refractivity contribution in [2.75, 3.05) is 0 Å². The van der Waals surface area contributed by atoms with Crippen LogP contribution >= 0.6 is 11.6 Å². The number of carboxylic acid groups (broad SMARTS) is 1. The Labute approximate surface area is 156 Å². The number of rotatable bonds is 4. The molecule has 2 aromatic carbocycles. The Balaban J connectivity index is 1.85. The number of benzene rings is 2. The van der Waals surface area contributed by atoms with Gasteiger partial charge in [-0.25, -0.2) is 4.79 Å². The highest BCUT2D eigenvalue weighted by Gasteiger charge is 2.18. The Hall–Kier alpha value is -2.79. The number of fused-ring (bicyclic) bond motifs is 1. The highest BCUT2D eigenvalue weighted by Crippen LogP contribution is 2.29. The van der Waals surface area contributed by atoms with E-state index < -0.39 is 5.97 Å². The molecule has 0 saturated heterocycles. The summed E-state index contributed by atoms with van der Waals surface area (Å²) in [6, 6.07) is 11.9. The highest BCUT2D eigenvalue weighted by atomic mass is 35.5. The van der Waals surface area contributed by atoms with Crippen LogP contribution in [0, 0.1) is 6.92 Å². The smallest absolute Gasteiger partial charge is 0.335 e. The van der Waals surface area contributed by atoms with Gasteiger partial charge in [0.25, 0.3) is 5.91 Å². The second-order valence-electron chi connectivity index (χ2n) is 6.34. The van der Waals surface area contributed by atoms with Crippen molar-refractivity contribution >= 4 is 34.4 Å². The fourth-order valence-corrected chi connectivity index (χ4v) is 3.19. The number of hydrogen-bond acceptors (Lipinski definition) is 2. The molecular formula is C20H19ClN2O3. The van der Waals surface area contributed by atoms with Gasteiger partial charge in [-0.1, -0.05) is 29.8 Å². The number of aryl methyl sites for hydroxylation is 2. The Morgan fingerprint density at radius 3 is 2.42 bits per heavy atom. The molecule has 0 spiro atoms. The summed E-state index contributed by atoms with van der Waals surface area (Å²) in [7, 11) is 1.83. The molecule has 5 nitrogen and oxygen atoms in total. The van der Waals surface area contributed by atoms with Gasteiger partial charge in [0, 0.05) is 18.0 Å². The molecule has 6 heteroatoms. The van der Waals surface area contributed by atoms with Crippen molar-refractivity contribution in [1.82, 2.24) is 9.88 Å². The molecule has 0 aliphatic rings. The van der Waals surface area contributed by atoms with Gasteiger partial charge in [0.2, 0.25) is 0 Å². The summed E-state index contributed by atoms with van der Waals surface area (Å²) in [6.07, 6.45) is 0. The first-order valence-corrected chi connectivity index (χ1v) is 8.56. The van der Waals surface area contributed by atoms with E-state index in [0.717, 1.165) is 22.0 Å². The van der Waals surface area contributed by atoms with Crippen LogP contribution in [0.25, 0.3) is 10.9 Å². The molecular weight excluding hydrogens is 352 g/mol. The van der Waals surface area contributed by atoms with Crippen LogP contribution in [0.1, 0.15) is 44.9 Å². The Morgan fingerprint density at radius 2 is 1.81 bits per heavy atom. The van der Waals surface area contributed by atoms with E-state index in [4.69, 9.17) is 16.7 Å². The molecule has 134 valence electrons. The standard InChI is InChI=1S/C20H19ClN2O3/c1-11-4-9-16-15(18(11)21)10-17(23(16)3)19(24)22-12(2)13-5-7-14(8-6-13)20(25)26/h4-10,12H,1-3H3,(H,22,24)(H,25,26). The maximum absolute atomic E-state index is 12.7. The summed E-state index contributed by atoms with van der Waals surface area (Å²) in [5, 5.41) is 13.4. The molecule has 0 bridgehead atoms. The third kappa shape index (κ3) is 3.18. The van der Waals surface area contributed by atoms with E-state index in [2.05, 4.69) is 5.32 Å². The lowest BCUT2D eigenvalue weighted by molar-refractivity contribution is 0.0696. The van der Waals surface area contributed by atoms with E-state index in [1.165, 1.54) is 12.1 Å². The number of carbonyl (C=O) groups is 2. The number of amides is 1. The first kappa shape index (κ1) is 18.0. The predicted octanol–water partition coefficient (Wildman–Crippen LogP) is 4.33. The first-order chi connectivity index (χ1) is 12.3. The molecule has 0 aliphatic heterocycles. The molecule has 0 saturated carbocycles. The molecule has 1 aromatic heterocycles. The van der Waals surface area contributed by atoms with Crippen LogP contribution in [0.4, 0.5) is 0 Å². The Kier molecular flexibility index (Phi) is 4.74. The van der Waals surface area contributed by atoms with Gasteiger partial charge in [0.15, 0.2) is 0 Å². The topological polar surface area (TPSA) is 71.3 Å². The largest absolute Gasteiger partial charge is 0.478 e. The van der Waals surface area contributed by atoms with Gasteiger partial charge < -0.3 is 15.0 Å². The minimum absolute atomic E-state index is 0.214. The fourth-order valence-electron chi connectivity index (χ4n) is 2.97. The molecule has 1 atom stereocenters. The van der Waals surface area contributed by atoms with Crippen molar-refractivity contribution in [3.05, 3.63) is 69.9 Å². The van der Waals surface area contributed by atoms with Crippen LogP contribution in [0.3, 0.4) is 0 Å². The van der Waals surface area contributed by atoms with Crippen LogP contribution in [0.2, 0.25) is 5.02 Å². The minimum Gasteiger partial charge on any atom is -0.478 e. The summed E-state index contributed by atoms with van der Waals surface area (Å²) >= 11 is 6.36. The zero-order chi connectivity index (χ0) is 19.0. The predicted molar refractivity (Wildman–Crippen MR) is 102 cm³/mol. The second kappa shape index (κ2) is 6.84. The minimum atomic E-state index is -0.976. The van der Waals surface area contributed by atoms with Crippen molar-refractivity contribution in [1.29, 1.82) is 0 Å². The van der Waals surface area contributed by atoms with Crippen molar-refractivity contribution in [2.45, 2.75) is 19.9 Å². The van der Waals surface area contributed by atoms with Crippen LogP contribution in [0.5, 0.6) is 0 Å². The monoisotopic (exact) mass is 370 g/mol. The molecule has 3 rings (SSSR count). The lowest BCUT2D eigenvalue weighted by atomic mass is 10.1. The van der Waals surface area contributed by atoms with Gasteiger partial charge in [-0.15, -0.1) is 0 Å². The average molecular weight is 371 g/mol.